The molecule has 24 heavy (non-hydrogen) atoms. The fourth-order valence-electron chi connectivity index (χ4n) is 2.20. The fourth-order valence-corrected chi connectivity index (χ4v) is 2.37. The molecular weight excluding hydrogens is 337 g/mol. The summed E-state index contributed by atoms with van der Waals surface area (Å²) in [6.07, 6.45) is 1.33. The monoisotopic (exact) mass is 347 g/mol. The number of ether oxygens (including phenoxy) is 2. The number of benzene rings is 2. The van der Waals surface area contributed by atoms with E-state index < -0.39 is 5.82 Å². The van der Waals surface area contributed by atoms with Gasteiger partial charge >= 0.3 is 0 Å². The SMILES string of the molecule is COc1cc2ncnc(Nc3cccc(Cl)c3F)c2cc1OC=O. The van der Waals surface area contributed by atoms with E-state index in [9.17, 15) is 9.18 Å². The number of aromatic nitrogens is 2. The highest BCUT2D eigenvalue weighted by Crippen LogP contribution is 2.35. The molecular formula is C16H11ClFN3O3. The Hall–Kier alpha value is -2.93. The average Bonchev–Trinajstić information content (AvgIpc) is 2.59. The molecule has 0 spiro atoms. The zero-order valence-electron chi connectivity index (χ0n) is 12.4. The van der Waals surface area contributed by atoms with Gasteiger partial charge in [0.05, 0.1) is 23.3 Å². The van der Waals surface area contributed by atoms with E-state index in [1.165, 1.54) is 31.6 Å². The van der Waals surface area contributed by atoms with Crippen molar-refractivity contribution in [1.29, 1.82) is 0 Å². The molecule has 8 heteroatoms. The highest BCUT2D eigenvalue weighted by atomic mass is 35.5. The number of carbonyl (C=O) groups is 1. The lowest BCUT2D eigenvalue weighted by Crippen LogP contribution is -2.00. The van der Waals surface area contributed by atoms with Crippen LogP contribution in [0.3, 0.4) is 0 Å². The Bertz CT molecular complexity index is 920. The molecule has 6 nitrogen and oxygen atoms in total. The topological polar surface area (TPSA) is 73.3 Å². The molecule has 0 bridgehead atoms. The van der Waals surface area contributed by atoms with Crippen molar-refractivity contribution in [3.8, 4) is 11.5 Å². The van der Waals surface area contributed by atoms with Crippen molar-refractivity contribution in [2.45, 2.75) is 0 Å². The predicted octanol–water partition coefficient (Wildman–Crippen LogP) is 3.71. The largest absolute Gasteiger partial charge is 0.493 e. The lowest BCUT2D eigenvalue weighted by molar-refractivity contribution is -0.120. The van der Waals surface area contributed by atoms with E-state index in [1.54, 1.807) is 12.1 Å². The van der Waals surface area contributed by atoms with Crippen molar-refractivity contribution in [2.24, 2.45) is 0 Å². The van der Waals surface area contributed by atoms with Gasteiger partial charge in [0, 0.05) is 11.5 Å². The van der Waals surface area contributed by atoms with Crippen LogP contribution in [-0.4, -0.2) is 23.5 Å². The summed E-state index contributed by atoms with van der Waals surface area (Å²) in [4.78, 5) is 18.9. The summed E-state index contributed by atoms with van der Waals surface area (Å²) in [6, 6.07) is 7.71. The second-order valence-corrected chi connectivity index (χ2v) is 5.09. The van der Waals surface area contributed by atoms with Crippen molar-refractivity contribution in [1.82, 2.24) is 9.97 Å². The van der Waals surface area contributed by atoms with Crippen LogP contribution < -0.4 is 14.8 Å². The van der Waals surface area contributed by atoms with Crippen LogP contribution in [0.25, 0.3) is 10.9 Å². The summed E-state index contributed by atoms with van der Waals surface area (Å²) in [5, 5.41) is 3.38. The second-order valence-electron chi connectivity index (χ2n) is 4.68. The Morgan fingerprint density at radius 3 is 2.83 bits per heavy atom. The van der Waals surface area contributed by atoms with Crippen LogP contribution in [0.15, 0.2) is 36.7 Å². The molecule has 122 valence electrons. The molecule has 0 radical (unpaired) electrons. The second kappa shape index (κ2) is 6.67. The third-order valence-corrected chi connectivity index (χ3v) is 3.59. The number of anilines is 2. The molecule has 0 fully saturated rings. The molecule has 1 heterocycles. The maximum atomic E-state index is 14.1. The molecule has 0 aliphatic carbocycles. The molecule has 0 aliphatic rings. The molecule has 1 aromatic heterocycles. The van der Waals surface area contributed by atoms with E-state index >= 15 is 0 Å². The molecule has 0 saturated carbocycles. The molecule has 2 aromatic carbocycles. The van der Waals surface area contributed by atoms with Crippen molar-refractivity contribution < 1.29 is 18.7 Å². The highest BCUT2D eigenvalue weighted by Gasteiger charge is 2.13. The average molecular weight is 348 g/mol. The third-order valence-electron chi connectivity index (χ3n) is 3.30. The van der Waals surface area contributed by atoms with Crippen LogP contribution in [0.4, 0.5) is 15.9 Å². The van der Waals surface area contributed by atoms with Gasteiger partial charge < -0.3 is 14.8 Å². The van der Waals surface area contributed by atoms with E-state index in [-0.39, 0.29) is 22.9 Å². The molecule has 0 amide bonds. The maximum Gasteiger partial charge on any atom is 0.298 e. The van der Waals surface area contributed by atoms with Crippen molar-refractivity contribution in [3.63, 3.8) is 0 Å². The maximum absolute atomic E-state index is 14.1. The van der Waals surface area contributed by atoms with Gasteiger partial charge in [0.15, 0.2) is 17.3 Å². The Kier molecular flexibility index (Phi) is 4.43. The minimum absolute atomic E-state index is 0.00925. The first-order valence-corrected chi connectivity index (χ1v) is 7.16. The van der Waals surface area contributed by atoms with E-state index in [0.29, 0.717) is 22.5 Å². The summed E-state index contributed by atoms with van der Waals surface area (Å²) in [5.74, 6) is 0.279. The quantitative estimate of drug-likeness (QED) is 0.709. The van der Waals surface area contributed by atoms with Gasteiger partial charge in [-0.2, -0.15) is 0 Å². The number of methoxy groups -OCH3 is 1. The number of nitrogens with one attached hydrogen (secondary N) is 1. The lowest BCUT2D eigenvalue weighted by Gasteiger charge is -2.12. The number of nitrogens with zero attached hydrogens (tertiary/aromatic N) is 2. The van der Waals surface area contributed by atoms with Gasteiger partial charge in [-0.15, -0.1) is 0 Å². The zero-order chi connectivity index (χ0) is 17.1. The first-order chi connectivity index (χ1) is 11.6. The molecule has 0 aliphatic heterocycles. The minimum Gasteiger partial charge on any atom is -0.493 e. The van der Waals surface area contributed by atoms with Crippen molar-refractivity contribution in [3.05, 3.63) is 47.5 Å². The molecule has 1 N–H and O–H groups in total. The van der Waals surface area contributed by atoms with E-state index in [1.807, 2.05) is 0 Å². The predicted molar refractivity (Wildman–Crippen MR) is 87.5 cm³/mol. The Balaban J connectivity index is 2.12. The lowest BCUT2D eigenvalue weighted by atomic mass is 10.2. The number of hydrogen-bond donors (Lipinski definition) is 1. The van der Waals surface area contributed by atoms with Gasteiger partial charge in [0.2, 0.25) is 0 Å². The number of fused-ring (bicyclic) bond motifs is 1. The van der Waals surface area contributed by atoms with Gasteiger partial charge in [0.25, 0.3) is 6.47 Å². The first-order valence-electron chi connectivity index (χ1n) is 6.78. The smallest absolute Gasteiger partial charge is 0.298 e. The minimum atomic E-state index is -0.594. The van der Waals surface area contributed by atoms with Crippen molar-refractivity contribution in [2.75, 3.05) is 12.4 Å². The molecule has 0 atom stereocenters. The van der Waals surface area contributed by atoms with Gasteiger partial charge in [0.1, 0.15) is 12.1 Å². The van der Waals surface area contributed by atoms with Crippen LogP contribution >= 0.6 is 11.6 Å². The van der Waals surface area contributed by atoms with Gasteiger partial charge in [-0.25, -0.2) is 14.4 Å². The molecule has 3 aromatic rings. The van der Waals surface area contributed by atoms with Crippen LogP contribution in [0, 0.1) is 5.82 Å². The van der Waals surface area contributed by atoms with Crippen molar-refractivity contribution >= 4 is 40.5 Å². The first kappa shape index (κ1) is 15.9. The Labute approximate surface area is 141 Å². The summed E-state index contributed by atoms with van der Waals surface area (Å²) < 4.78 is 24.1. The van der Waals surface area contributed by atoms with Crippen LogP contribution in [0.1, 0.15) is 0 Å². The summed E-state index contributed by atoms with van der Waals surface area (Å²) in [7, 11) is 1.44. The summed E-state index contributed by atoms with van der Waals surface area (Å²) >= 11 is 5.78. The zero-order valence-corrected chi connectivity index (χ0v) is 13.2. The van der Waals surface area contributed by atoms with E-state index in [4.69, 9.17) is 21.1 Å². The van der Waals surface area contributed by atoms with Crippen LogP contribution in [0.2, 0.25) is 5.02 Å². The number of halogens is 2. The Morgan fingerprint density at radius 1 is 1.25 bits per heavy atom. The number of carbonyl (C=O) groups excluding carboxylic acids is 1. The molecule has 0 saturated heterocycles. The standard InChI is InChI=1S/C16H11ClFN3O3/c1-23-13-6-12-9(5-14(13)24-8-22)16(20-7-19-12)21-11-4-2-3-10(17)15(11)18/h2-8H,1H3,(H,19,20,21). The number of rotatable bonds is 5. The highest BCUT2D eigenvalue weighted by molar-refractivity contribution is 6.31. The van der Waals surface area contributed by atoms with Gasteiger partial charge in [-0.05, 0) is 18.2 Å². The van der Waals surface area contributed by atoms with Crippen LogP contribution in [0.5, 0.6) is 11.5 Å². The van der Waals surface area contributed by atoms with E-state index in [0.717, 1.165) is 0 Å². The Morgan fingerprint density at radius 2 is 2.08 bits per heavy atom. The third kappa shape index (κ3) is 2.93. The number of hydrogen-bond acceptors (Lipinski definition) is 6. The van der Waals surface area contributed by atoms with E-state index in [2.05, 4.69) is 15.3 Å². The molecule has 0 unspecified atom stereocenters. The fraction of sp³-hybridized carbons (Fsp3) is 0.0625. The summed E-state index contributed by atoms with van der Waals surface area (Å²) in [5.41, 5.74) is 0.696. The van der Waals surface area contributed by atoms with Gasteiger partial charge in [-0.3, -0.25) is 4.79 Å². The summed E-state index contributed by atoms with van der Waals surface area (Å²) in [6.45, 7) is 0.289. The normalized spacial score (nSPS) is 10.5. The van der Waals surface area contributed by atoms with Crippen LogP contribution in [-0.2, 0) is 4.79 Å². The molecule has 3 rings (SSSR count). The van der Waals surface area contributed by atoms with Gasteiger partial charge in [-0.1, -0.05) is 17.7 Å².